The van der Waals surface area contributed by atoms with Crippen LogP contribution in [0.1, 0.15) is 17.5 Å². The predicted octanol–water partition coefficient (Wildman–Crippen LogP) is 2.62. The molecule has 2 rings (SSSR count). The molecule has 0 spiro atoms. The summed E-state index contributed by atoms with van der Waals surface area (Å²) < 4.78 is 2.02. The number of carbonyl (C=O) groups excluding carboxylic acids is 1. The Morgan fingerprint density at radius 2 is 1.84 bits per heavy atom. The molecule has 0 fully saturated rings. The number of benzene rings is 1. The van der Waals surface area contributed by atoms with Gasteiger partial charge in [0.2, 0.25) is 5.91 Å². The van der Waals surface area contributed by atoms with Gasteiger partial charge in [0.15, 0.2) is 18.9 Å². The molecule has 0 aliphatic carbocycles. The van der Waals surface area contributed by atoms with Crippen molar-refractivity contribution in [2.45, 2.75) is 26.8 Å². The van der Waals surface area contributed by atoms with E-state index in [1.165, 1.54) is 5.56 Å². The number of nitrogens with one attached hydrogen (secondary N) is 1. The van der Waals surface area contributed by atoms with Crippen LogP contribution in [0.3, 0.4) is 0 Å². The molecule has 0 saturated carbocycles. The average molecular weight is 255 g/mol. The first kappa shape index (κ1) is 13.3. The molecule has 1 heterocycles. The van der Waals surface area contributed by atoms with Gasteiger partial charge < -0.3 is 5.32 Å². The third-order valence-electron chi connectivity index (χ3n) is 2.96. The minimum atomic E-state index is 0.0404. The molecular formula is C16H19N2O+. The SMILES string of the molecule is Cc1cc[n+](CCC(=O)Nc2cccc(C)c2)cc1. The van der Waals surface area contributed by atoms with Crippen molar-refractivity contribution in [2.75, 3.05) is 5.32 Å². The lowest BCUT2D eigenvalue weighted by Gasteiger charge is -2.04. The molecule has 98 valence electrons. The van der Waals surface area contributed by atoms with Gasteiger partial charge in [-0.1, -0.05) is 12.1 Å². The molecule has 2 aromatic rings. The van der Waals surface area contributed by atoms with Crippen LogP contribution in [-0.4, -0.2) is 5.91 Å². The Morgan fingerprint density at radius 1 is 1.11 bits per heavy atom. The lowest BCUT2D eigenvalue weighted by atomic mass is 10.2. The number of hydrogen-bond acceptors (Lipinski definition) is 1. The molecule has 0 atom stereocenters. The summed E-state index contributed by atoms with van der Waals surface area (Å²) in [5, 5.41) is 2.91. The molecule has 0 unspecified atom stereocenters. The highest BCUT2D eigenvalue weighted by Gasteiger charge is 2.06. The summed E-state index contributed by atoms with van der Waals surface area (Å²) in [5.41, 5.74) is 3.23. The van der Waals surface area contributed by atoms with E-state index in [1.807, 2.05) is 60.3 Å². The van der Waals surface area contributed by atoms with E-state index >= 15 is 0 Å². The summed E-state index contributed by atoms with van der Waals surface area (Å²) in [5.74, 6) is 0.0404. The Bertz CT molecular complexity index is 561. The summed E-state index contributed by atoms with van der Waals surface area (Å²) in [4.78, 5) is 11.8. The van der Waals surface area contributed by atoms with E-state index < -0.39 is 0 Å². The summed E-state index contributed by atoms with van der Waals surface area (Å²) in [6.45, 7) is 4.75. The molecule has 19 heavy (non-hydrogen) atoms. The third kappa shape index (κ3) is 4.21. The van der Waals surface area contributed by atoms with Gasteiger partial charge in [-0.25, -0.2) is 4.57 Å². The van der Waals surface area contributed by atoms with E-state index in [9.17, 15) is 4.79 Å². The van der Waals surface area contributed by atoms with Crippen LogP contribution in [0.25, 0.3) is 0 Å². The molecule has 0 saturated heterocycles. The molecule has 3 nitrogen and oxygen atoms in total. The molecule has 1 N–H and O–H groups in total. The van der Waals surface area contributed by atoms with Crippen molar-refractivity contribution in [3.63, 3.8) is 0 Å². The number of pyridine rings is 1. The maximum atomic E-state index is 11.8. The normalized spacial score (nSPS) is 10.2. The van der Waals surface area contributed by atoms with E-state index in [0.29, 0.717) is 13.0 Å². The van der Waals surface area contributed by atoms with Crippen molar-refractivity contribution in [1.82, 2.24) is 0 Å². The highest BCUT2D eigenvalue weighted by atomic mass is 16.1. The van der Waals surface area contributed by atoms with Gasteiger partial charge in [0, 0.05) is 17.8 Å². The molecule has 0 bridgehead atoms. The average Bonchev–Trinajstić information content (AvgIpc) is 2.38. The predicted molar refractivity (Wildman–Crippen MR) is 75.8 cm³/mol. The van der Waals surface area contributed by atoms with Crippen LogP contribution in [0.15, 0.2) is 48.8 Å². The largest absolute Gasteiger partial charge is 0.326 e. The summed E-state index contributed by atoms with van der Waals surface area (Å²) in [7, 11) is 0. The molecule has 0 radical (unpaired) electrons. The minimum Gasteiger partial charge on any atom is -0.326 e. The van der Waals surface area contributed by atoms with Crippen molar-refractivity contribution in [2.24, 2.45) is 0 Å². The minimum absolute atomic E-state index is 0.0404. The van der Waals surface area contributed by atoms with Crippen molar-refractivity contribution in [3.05, 3.63) is 59.9 Å². The van der Waals surface area contributed by atoms with Crippen LogP contribution >= 0.6 is 0 Å². The lowest BCUT2D eigenvalue weighted by molar-refractivity contribution is -0.695. The molecule has 1 aromatic heterocycles. The van der Waals surface area contributed by atoms with Gasteiger partial charge in [0.25, 0.3) is 0 Å². The molecule has 3 heteroatoms. The van der Waals surface area contributed by atoms with Gasteiger partial charge >= 0.3 is 0 Å². The van der Waals surface area contributed by atoms with Crippen LogP contribution in [0.5, 0.6) is 0 Å². The summed E-state index contributed by atoms with van der Waals surface area (Å²) in [6, 6.07) is 11.9. The first-order chi connectivity index (χ1) is 9.13. The Hall–Kier alpha value is -2.16. The summed E-state index contributed by atoms with van der Waals surface area (Å²) in [6.07, 6.45) is 4.46. The fraction of sp³-hybridized carbons (Fsp3) is 0.250. The number of aromatic nitrogens is 1. The van der Waals surface area contributed by atoms with Gasteiger partial charge in [0.1, 0.15) is 0 Å². The molecular weight excluding hydrogens is 236 g/mol. The standard InChI is InChI=1S/C16H18N2O/c1-13-6-9-18(10-7-13)11-8-16(19)17-15-5-3-4-14(2)12-15/h3-7,9-10,12H,8,11H2,1-2H3/p+1. The lowest BCUT2D eigenvalue weighted by Crippen LogP contribution is -2.34. The number of amides is 1. The molecule has 1 aromatic carbocycles. The van der Waals surface area contributed by atoms with Gasteiger partial charge in [-0.2, -0.15) is 0 Å². The van der Waals surface area contributed by atoms with Gasteiger partial charge in [0.05, 0.1) is 6.42 Å². The van der Waals surface area contributed by atoms with Crippen molar-refractivity contribution in [1.29, 1.82) is 0 Å². The van der Waals surface area contributed by atoms with Crippen molar-refractivity contribution >= 4 is 11.6 Å². The molecule has 1 amide bonds. The summed E-state index contributed by atoms with van der Waals surface area (Å²) >= 11 is 0. The van der Waals surface area contributed by atoms with Gasteiger partial charge in [-0.05, 0) is 37.1 Å². The first-order valence-electron chi connectivity index (χ1n) is 6.46. The van der Waals surface area contributed by atoms with Crippen molar-refractivity contribution in [3.8, 4) is 0 Å². The molecule has 0 aliphatic heterocycles. The fourth-order valence-corrected chi connectivity index (χ4v) is 1.86. The van der Waals surface area contributed by atoms with E-state index in [2.05, 4.69) is 12.2 Å². The van der Waals surface area contributed by atoms with Gasteiger partial charge in [-0.3, -0.25) is 4.79 Å². The number of nitrogens with zero attached hydrogens (tertiary/aromatic N) is 1. The maximum absolute atomic E-state index is 11.8. The van der Waals surface area contributed by atoms with E-state index in [1.54, 1.807) is 0 Å². The number of rotatable bonds is 4. The van der Waals surface area contributed by atoms with Crippen LogP contribution < -0.4 is 9.88 Å². The highest BCUT2D eigenvalue weighted by Crippen LogP contribution is 2.09. The topological polar surface area (TPSA) is 33.0 Å². The number of carbonyl (C=O) groups is 1. The zero-order chi connectivity index (χ0) is 13.7. The van der Waals surface area contributed by atoms with Crippen molar-refractivity contribution < 1.29 is 9.36 Å². The van der Waals surface area contributed by atoms with Crippen LogP contribution in [0, 0.1) is 13.8 Å². The molecule has 0 aliphatic rings. The third-order valence-corrected chi connectivity index (χ3v) is 2.96. The van der Waals surface area contributed by atoms with E-state index in [0.717, 1.165) is 11.3 Å². The van der Waals surface area contributed by atoms with Crippen LogP contribution in [0.2, 0.25) is 0 Å². The number of aryl methyl sites for hydroxylation is 3. The first-order valence-corrected chi connectivity index (χ1v) is 6.46. The highest BCUT2D eigenvalue weighted by molar-refractivity contribution is 5.90. The Morgan fingerprint density at radius 3 is 2.53 bits per heavy atom. The number of hydrogen-bond donors (Lipinski definition) is 1. The van der Waals surface area contributed by atoms with Crippen LogP contribution in [-0.2, 0) is 11.3 Å². The van der Waals surface area contributed by atoms with Gasteiger partial charge in [-0.15, -0.1) is 0 Å². The maximum Gasteiger partial charge on any atom is 0.230 e. The second-order valence-electron chi connectivity index (χ2n) is 4.78. The zero-order valence-electron chi connectivity index (χ0n) is 11.4. The Balaban J connectivity index is 1.86. The monoisotopic (exact) mass is 255 g/mol. The van der Waals surface area contributed by atoms with E-state index in [-0.39, 0.29) is 5.91 Å². The second kappa shape index (κ2) is 6.14. The zero-order valence-corrected chi connectivity index (χ0v) is 11.4. The van der Waals surface area contributed by atoms with E-state index in [4.69, 9.17) is 0 Å². The number of anilines is 1. The Labute approximate surface area is 113 Å². The second-order valence-corrected chi connectivity index (χ2v) is 4.78. The fourth-order valence-electron chi connectivity index (χ4n) is 1.86. The van der Waals surface area contributed by atoms with Crippen LogP contribution in [0.4, 0.5) is 5.69 Å². The quantitative estimate of drug-likeness (QED) is 0.837. The Kier molecular flexibility index (Phi) is 4.29. The smallest absolute Gasteiger partial charge is 0.230 e.